The van der Waals surface area contributed by atoms with Crippen molar-refractivity contribution in [3.8, 4) is 0 Å². The lowest BCUT2D eigenvalue weighted by Gasteiger charge is -2.02. The zero-order valence-corrected chi connectivity index (χ0v) is 9.37. The zero-order chi connectivity index (χ0) is 12.3. The van der Waals surface area contributed by atoms with E-state index in [1.54, 1.807) is 23.3 Å². The fourth-order valence-corrected chi connectivity index (χ4v) is 1.36. The monoisotopic (exact) mass is 235 g/mol. The third kappa shape index (κ3) is 2.80. The van der Waals surface area contributed by atoms with Crippen LogP contribution in [0.1, 0.15) is 5.69 Å². The Morgan fingerprint density at radius 3 is 3.00 bits per heavy atom. The largest absolute Gasteiger partial charge is 0.377 e. The van der Waals surface area contributed by atoms with Crippen LogP contribution in [0.3, 0.4) is 0 Å². The number of hydrogen-bond donors (Lipinski definition) is 2. The summed E-state index contributed by atoms with van der Waals surface area (Å²) in [7, 11) is 1.82. The predicted octanol–water partition coefficient (Wildman–Crippen LogP) is -0.891. The molecule has 0 spiro atoms. The molecule has 0 atom stereocenters. The standard InChI is InChI=1S/C9H13N7O/c1-15-8(4-12-14-15)3-11-7-2-13-16(5-7)6-9(10)17/h2,4-5,11H,3,6H2,1H3,(H2,10,17). The first-order chi connectivity index (χ1) is 8.15. The molecule has 8 nitrogen and oxygen atoms in total. The maximum Gasteiger partial charge on any atom is 0.239 e. The smallest absolute Gasteiger partial charge is 0.239 e. The quantitative estimate of drug-likeness (QED) is 0.699. The number of nitrogens with two attached hydrogens (primary N) is 1. The highest BCUT2D eigenvalue weighted by Crippen LogP contribution is 2.06. The molecular weight excluding hydrogens is 222 g/mol. The van der Waals surface area contributed by atoms with Crippen molar-refractivity contribution in [3.05, 3.63) is 24.3 Å². The maximum atomic E-state index is 10.7. The van der Waals surface area contributed by atoms with Gasteiger partial charge in [0.2, 0.25) is 5.91 Å². The van der Waals surface area contributed by atoms with E-state index in [1.165, 1.54) is 4.68 Å². The summed E-state index contributed by atoms with van der Waals surface area (Å²) >= 11 is 0. The molecule has 0 aliphatic carbocycles. The third-order valence-corrected chi connectivity index (χ3v) is 2.23. The number of aromatic nitrogens is 5. The molecule has 0 saturated carbocycles. The molecule has 0 bridgehead atoms. The minimum Gasteiger partial charge on any atom is -0.377 e. The molecule has 0 aliphatic heterocycles. The summed E-state index contributed by atoms with van der Waals surface area (Å²) in [6.45, 7) is 0.667. The van der Waals surface area contributed by atoms with Crippen LogP contribution in [0.5, 0.6) is 0 Å². The number of amides is 1. The van der Waals surface area contributed by atoms with Gasteiger partial charge >= 0.3 is 0 Å². The summed E-state index contributed by atoms with van der Waals surface area (Å²) in [6, 6.07) is 0. The van der Waals surface area contributed by atoms with E-state index in [0.717, 1.165) is 11.4 Å². The second kappa shape index (κ2) is 4.64. The normalized spacial score (nSPS) is 10.4. The van der Waals surface area contributed by atoms with E-state index >= 15 is 0 Å². The van der Waals surface area contributed by atoms with Gasteiger partial charge in [0.15, 0.2) is 0 Å². The highest BCUT2D eigenvalue weighted by atomic mass is 16.1. The van der Waals surface area contributed by atoms with Crippen molar-refractivity contribution in [1.29, 1.82) is 0 Å². The minimum atomic E-state index is -0.421. The number of anilines is 1. The fraction of sp³-hybridized carbons (Fsp3) is 0.333. The van der Waals surface area contributed by atoms with Gasteiger partial charge in [-0.25, -0.2) is 0 Å². The van der Waals surface area contributed by atoms with Gasteiger partial charge in [-0.1, -0.05) is 5.21 Å². The number of carbonyl (C=O) groups is 1. The van der Waals surface area contributed by atoms with Crippen LogP contribution in [0.15, 0.2) is 18.6 Å². The van der Waals surface area contributed by atoms with E-state index < -0.39 is 5.91 Å². The van der Waals surface area contributed by atoms with E-state index in [-0.39, 0.29) is 6.54 Å². The Balaban J connectivity index is 1.93. The number of nitrogens with zero attached hydrogens (tertiary/aromatic N) is 5. The number of rotatable bonds is 5. The molecule has 0 aliphatic rings. The van der Waals surface area contributed by atoms with Crippen LogP contribution in [0.2, 0.25) is 0 Å². The minimum absolute atomic E-state index is 0.0783. The number of hydrogen-bond acceptors (Lipinski definition) is 5. The lowest BCUT2D eigenvalue weighted by Crippen LogP contribution is -2.18. The van der Waals surface area contributed by atoms with Crippen LogP contribution in [0.25, 0.3) is 0 Å². The van der Waals surface area contributed by atoms with Crippen LogP contribution in [0.4, 0.5) is 5.69 Å². The summed E-state index contributed by atoms with van der Waals surface area (Å²) in [5.41, 5.74) is 6.83. The van der Waals surface area contributed by atoms with Crippen molar-refractivity contribution in [3.63, 3.8) is 0 Å². The summed E-state index contributed by atoms with van der Waals surface area (Å²) < 4.78 is 3.16. The van der Waals surface area contributed by atoms with Crippen LogP contribution in [-0.2, 0) is 24.9 Å². The van der Waals surface area contributed by atoms with E-state index in [9.17, 15) is 4.79 Å². The summed E-state index contributed by atoms with van der Waals surface area (Å²) in [5.74, 6) is -0.421. The molecule has 8 heteroatoms. The summed E-state index contributed by atoms with van der Waals surface area (Å²) in [5, 5.41) is 14.7. The van der Waals surface area contributed by atoms with Gasteiger partial charge in [0.1, 0.15) is 6.54 Å². The van der Waals surface area contributed by atoms with Gasteiger partial charge < -0.3 is 11.1 Å². The van der Waals surface area contributed by atoms with Crippen molar-refractivity contribution in [1.82, 2.24) is 24.8 Å². The Hall–Kier alpha value is -2.38. The molecule has 0 saturated heterocycles. The molecule has 0 fully saturated rings. The molecule has 0 radical (unpaired) electrons. The molecule has 2 rings (SSSR count). The van der Waals surface area contributed by atoms with Gasteiger partial charge in [-0.15, -0.1) is 5.10 Å². The van der Waals surface area contributed by atoms with Crippen LogP contribution >= 0.6 is 0 Å². The van der Waals surface area contributed by atoms with Gasteiger partial charge in [-0.2, -0.15) is 5.10 Å². The number of carbonyl (C=O) groups excluding carboxylic acids is 1. The number of primary amides is 1. The van der Waals surface area contributed by atoms with Gasteiger partial charge in [-0.05, 0) is 0 Å². The van der Waals surface area contributed by atoms with Gasteiger partial charge in [0.05, 0.1) is 30.3 Å². The van der Waals surface area contributed by atoms with Gasteiger partial charge in [0.25, 0.3) is 0 Å². The van der Waals surface area contributed by atoms with E-state index in [4.69, 9.17) is 5.73 Å². The Bertz CT molecular complexity index is 515. The van der Waals surface area contributed by atoms with Gasteiger partial charge in [0, 0.05) is 13.2 Å². The highest BCUT2D eigenvalue weighted by molar-refractivity contribution is 5.73. The fourth-order valence-electron chi connectivity index (χ4n) is 1.36. The highest BCUT2D eigenvalue weighted by Gasteiger charge is 2.03. The van der Waals surface area contributed by atoms with Crippen LogP contribution in [-0.4, -0.2) is 30.7 Å². The molecule has 17 heavy (non-hydrogen) atoms. The van der Waals surface area contributed by atoms with E-state index in [1.807, 2.05) is 7.05 Å². The average molecular weight is 235 g/mol. The molecule has 2 aromatic heterocycles. The van der Waals surface area contributed by atoms with Crippen molar-refractivity contribution in [2.75, 3.05) is 5.32 Å². The molecule has 2 aromatic rings. The Labute approximate surface area is 97.4 Å². The molecule has 3 N–H and O–H groups in total. The second-order valence-electron chi connectivity index (χ2n) is 3.60. The van der Waals surface area contributed by atoms with Crippen LogP contribution < -0.4 is 11.1 Å². The average Bonchev–Trinajstić information content (AvgIpc) is 2.84. The van der Waals surface area contributed by atoms with Gasteiger partial charge in [-0.3, -0.25) is 14.2 Å². The molecule has 0 unspecified atom stereocenters. The number of nitrogens with one attached hydrogen (secondary N) is 1. The number of aryl methyl sites for hydroxylation is 1. The van der Waals surface area contributed by atoms with Crippen molar-refractivity contribution < 1.29 is 4.79 Å². The topological polar surface area (TPSA) is 104 Å². The Morgan fingerprint density at radius 2 is 2.35 bits per heavy atom. The first-order valence-corrected chi connectivity index (χ1v) is 5.03. The zero-order valence-electron chi connectivity index (χ0n) is 9.37. The van der Waals surface area contributed by atoms with Crippen molar-refractivity contribution in [2.24, 2.45) is 12.8 Å². The Morgan fingerprint density at radius 1 is 1.53 bits per heavy atom. The van der Waals surface area contributed by atoms with E-state index in [0.29, 0.717) is 6.54 Å². The van der Waals surface area contributed by atoms with Crippen molar-refractivity contribution >= 4 is 11.6 Å². The molecule has 2 heterocycles. The van der Waals surface area contributed by atoms with Crippen LogP contribution in [0, 0.1) is 0 Å². The summed E-state index contributed by atoms with van der Waals surface area (Å²) in [6.07, 6.45) is 5.03. The molecule has 0 aromatic carbocycles. The predicted molar refractivity (Wildman–Crippen MR) is 59.8 cm³/mol. The summed E-state index contributed by atoms with van der Waals surface area (Å²) in [4.78, 5) is 10.7. The lowest BCUT2D eigenvalue weighted by molar-refractivity contribution is -0.118. The molecule has 1 amide bonds. The first kappa shape index (κ1) is 11.1. The second-order valence-corrected chi connectivity index (χ2v) is 3.60. The Kier molecular flexibility index (Phi) is 3.03. The van der Waals surface area contributed by atoms with Crippen molar-refractivity contribution in [2.45, 2.75) is 13.1 Å². The molecular formula is C9H13N7O. The maximum absolute atomic E-state index is 10.7. The first-order valence-electron chi connectivity index (χ1n) is 5.03. The lowest BCUT2D eigenvalue weighted by atomic mass is 10.4. The SMILES string of the molecule is Cn1nncc1CNc1cnn(CC(N)=O)c1. The molecule has 90 valence electrons. The van der Waals surface area contributed by atoms with E-state index in [2.05, 4.69) is 20.7 Å². The third-order valence-electron chi connectivity index (χ3n) is 2.23.